The smallest absolute Gasteiger partial charge is 0.241 e. The van der Waals surface area contributed by atoms with E-state index in [4.69, 9.17) is 15.6 Å². The van der Waals surface area contributed by atoms with Crippen LogP contribution in [-0.4, -0.2) is 48.4 Å². The average molecular weight is 512 g/mol. The van der Waals surface area contributed by atoms with Gasteiger partial charge in [-0.25, -0.2) is 32.2 Å². The van der Waals surface area contributed by atoms with E-state index < -0.39 is 15.8 Å². The molecule has 1 aliphatic rings. The van der Waals surface area contributed by atoms with Gasteiger partial charge in [-0.15, -0.1) is 0 Å². The average Bonchev–Trinajstić information content (AvgIpc) is 3.29. The number of hydrogen-bond donors (Lipinski definition) is 3. The number of methoxy groups -OCH3 is 1. The lowest BCUT2D eigenvalue weighted by Gasteiger charge is -2.23. The molecular weight excluding hydrogens is 485 g/mol. The van der Waals surface area contributed by atoms with E-state index in [1.165, 1.54) is 19.5 Å². The maximum absolute atomic E-state index is 13.7. The predicted octanol–water partition coefficient (Wildman–Crippen LogP) is 2.63. The summed E-state index contributed by atoms with van der Waals surface area (Å²) in [5, 5.41) is 8.96. The molecule has 5 rings (SSSR count). The van der Waals surface area contributed by atoms with Gasteiger partial charge in [-0.2, -0.15) is 5.10 Å². The fraction of sp³-hybridized carbons (Fsp3) is 0.292. The van der Waals surface area contributed by atoms with Crippen LogP contribution in [0, 0.1) is 5.82 Å². The van der Waals surface area contributed by atoms with Gasteiger partial charge in [-0.3, -0.25) is 0 Å². The van der Waals surface area contributed by atoms with Gasteiger partial charge >= 0.3 is 0 Å². The van der Waals surface area contributed by atoms with E-state index in [-0.39, 0.29) is 23.2 Å². The molecule has 2 aromatic heterocycles. The Morgan fingerprint density at radius 1 is 1.22 bits per heavy atom. The van der Waals surface area contributed by atoms with Crippen LogP contribution in [0.4, 0.5) is 10.2 Å². The third-order valence-electron chi connectivity index (χ3n) is 6.26. The van der Waals surface area contributed by atoms with Crippen molar-refractivity contribution in [2.24, 2.45) is 0 Å². The minimum atomic E-state index is -3.87. The van der Waals surface area contributed by atoms with Gasteiger partial charge in [0.25, 0.3) is 0 Å². The summed E-state index contributed by atoms with van der Waals surface area (Å²) in [4.78, 5) is 8.54. The molecule has 2 aromatic carbocycles. The molecule has 0 radical (unpaired) electrons. The van der Waals surface area contributed by atoms with Gasteiger partial charge in [0.2, 0.25) is 10.0 Å². The summed E-state index contributed by atoms with van der Waals surface area (Å²) in [5.74, 6) is -0.412. The lowest BCUT2D eigenvalue weighted by Crippen LogP contribution is -2.32. The molecule has 10 nitrogen and oxygen atoms in total. The molecule has 0 amide bonds. The van der Waals surface area contributed by atoms with E-state index in [1.807, 2.05) is 28.9 Å². The number of fused-ring (bicyclic) bond motifs is 1. The first-order valence-corrected chi connectivity index (χ1v) is 13.0. The first kappa shape index (κ1) is 24.1. The minimum absolute atomic E-state index is 0.0521. The number of ether oxygens (including phenoxy) is 1. The number of benzene rings is 2. The molecular formula is C24H26FN7O3S. The van der Waals surface area contributed by atoms with Crippen LogP contribution in [0.5, 0.6) is 5.75 Å². The number of aromatic nitrogens is 4. The van der Waals surface area contributed by atoms with Crippen LogP contribution in [0.25, 0.3) is 22.3 Å². The summed E-state index contributed by atoms with van der Waals surface area (Å²) in [6, 6.07) is 10.9. The number of halogens is 1. The Labute approximate surface area is 207 Å². The van der Waals surface area contributed by atoms with Crippen molar-refractivity contribution < 1.29 is 17.5 Å². The van der Waals surface area contributed by atoms with Crippen molar-refractivity contribution in [2.45, 2.75) is 30.3 Å². The Balaban J connectivity index is 1.39. The normalized spacial score (nSPS) is 16.3. The number of anilines is 1. The maximum Gasteiger partial charge on any atom is 0.241 e. The molecule has 4 aromatic rings. The van der Waals surface area contributed by atoms with Crippen LogP contribution in [0.1, 0.15) is 24.4 Å². The molecule has 36 heavy (non-hydrogen) atoms. The molecule has 4 N–H and O–H groups in total. The first-order chi connectivity index (χ1) is 17.4. The highest BCUT2D eigenvalue weighted by Crippen LogP contribution is 2.33. The third kappa shape index (κ3) is 4.62. The lowest BCUT2D eigenvalue weighted by molar-refractivity contribution is 0.354. The summed E-state index contributed by atoms with van der Waals surface area (Å²) in [7, 11) is -2.59. The van der Waals surface area contributed by atoms with Crippen LogP contribution in [0.2, 0.25) is 0 Å². The molecule has 0 bridgehead atoms. The zero-order valence-electron chi connectivity index (χ0n) is 19.6. The van der Waals surface area contributed by atoms with Crippen molar-refractivity contribution in [3.05, 3.63) is 60.2 Å². The van der Waals surface area contributed by atoms with Gasteiger partial charge in [-0.05, 0) is 37.1 Å². The van der Waals surface area contributed by atoms with Gasteiger partial charge in [0.15, 0.2) is 17.2 Å². The van der Waals surface area contributed by atoms with Crippen LogP contribution >= 0.6 is 0 Å². The Morgan fingerprint density at radius 2 is 2.03 bits per heavy atom. The van der Waals surface area contributed by atoms with E-state index in [0.717, 1.165) is 49.2 Å². The summed E-state index contributed by atoms with van der Waals surface area (Å²) in [6.07, 6.45) is 3.49. The highest BCUT2D eigenvalue weighted by molar-refractivity contribution is 7.89. The number of nitrogen functional groups attached to an aromatic ring is 1. The zero-order valence-corrected chi connectivity index (χ0v) is 20.4. The minimum Gasteiger partial charge on any atom is -0.494 e. The van der Waals surface area contributed by atoms with Gasteiger partial charge in [0.05, 0.1) is 23.4 Å². The molecule has 1 atom stereocenters. The second kappa shape index (κ2) is 9.80. The number of piperidine rings is 1. The molecule has 3 heterocycles. The fourth-order valence-electron chi connectivity index (χ4n) is 4.34. The van der Waals surface area contributed by atoms with E-state index >= 15 is 0 Å². The maximum atomic E-state index is 13.7. The second-order valence-electron chi connectivity index (χ2n) is 8.57. The Kier molecular flexibility index (Phi) is 6.56. The molecule has 1 aliphatic heterocycles. The molecule has 0 spiro atoms. The van der Waals surface area contributed by atoms with E-state index in [9.17, 15) is 12.8 Å². The summed E-state index contributed by atoms with van der Waals surface area (Å²) in [6.45, 7) is 1.84. The number of nitrogens with two attached hydrogens (primary N) is 1. The fourth-order valence-corrected chi connectivity index (χ4v) is 5.38. The summed E-state index contributed by atoms with van der Waals surface area (Å²) in [5.41, 5.74) is 9.15. The molecule has 0 saturated carbocycles. The molecule has 12 heteroatoms. The van der Waals surface area contributed by atoms with Crippen LogP contribution in [0.3, 0.4) is 0 Å². The standard InChI is InChI=1S/C24H26FN7O3S/c1-35-20-11-18(8-9-19(20)25)36(33,34)30-12-15-4-6-16(7-5-15)22-21-23(26)28-14-29-24(21)32(31-22)17-3-2-10-27-13-17/h4-9,11,14,17,27,30H,2-3,10,12-13H2,1H3,(H2,26,28,29)/t17-/m1/s1. The highest BCUT2D eigenvalue weighted by atomic mass is 32.2. The second-order valence-corrected chi connectivity index (χ2v) is 10.3. The summed E-state index contributed by atoms with van der Waals surface area (Å²) < 4.78 is 48.3. The van der Waals surface area contributed by atoms with Gasteiger partial charge in [-0.1, -0.05) is 24.3 Å². The topological polar surface area (TPSA) is 137 Å². The summed E-state index contributed by atoms with van der Waals surface area (Å²) >= 11 is 0. The van der Waals surface area contributed by atoms with E-state index in [1.54, 1.807) is 0 Å². The van der Waals surface area contributed by atoms with Crippen LogP contribution in [0.15, 0.2) is 53.7 Å². The number of nitrogens with zero attached hydrogens (tertiary/aromatic N) is 4. The number of sulfonamides is 1. The quantitative estimate of drug-likeness (QED) is 0.344. The van der Waals surface area contributed by atoms with E-state index in [0.29, 0.717) is 22.5 Å². The monoisotopic (exact) mass is 511 g/mol. The van der Waals surface area contributed by atoms with Gasteiger partial charge < -0.3 is 15.8 Å². The van der Waals surface area contributed by atoms with Crippen LogP contribution < -0.4 is 20.5 Å². The Morgan fingerprint density at radius 3 is 2.75 bits per heavy atom. The Hall–Kier alpha value is -3.61. The van der Waals surface area contributed by atoms with E-state index in [2.05, 4.69) is 20.0 Å². The number of rotatable bonds is 7. The van der Waals surface area contributed by atoms with Crippen molar-refractivity contribution >= 4 is 26.9 Å². The van der Waals surface area contributed by atoms with Crippen molar-refractivity contribution in [1.82, 2.24) is 29.8 Å². The van der Waals surface area contributed by atoms with Crippen molar-refractivity contribution in [2.75, 3.05) is 25.9 Å². The number of hydrogen-bond acceptors (Lipinski definition) is 8. The molecule has 1 fully saturated rings. The van der Waals surface area contributed by atoms with Crippen molar-refractivity contribution in [3.63, 3.8) is 0 Å². The van der Waals surface area contributed by atoms with Crippen molar-refractivity contribution in [3.8, 4) is 17.0 Å². The van der Waals surface area contributed by atoms with Crippen molar-refractivity contribution in [1.29, 1.82) is 0 Å². The molecule has 0 unspecified atom stereocenters. The largest absolute Gasteiger partial charge is 0.494 e. The number of nitrogens with one attached hydrogen (secondary N) is 2. The SMILES string of the molecule is COc1cc(S(=O)(=O)NCc2ccc(-c3nn([C@@H]4CCCNC4)c4ncnc(N)c34)cc2)ccc1F. The third-order valence-corrected chi connectivity index (χ3v) is 7.66. The van der Waals surface area contributed by atoms with Gasteiger partial charge in [0, 0.05) is 24.7 Å². The zero-order chi connectivity index (χ0) is 25.3. The predicted molar refractivity (Wildman–Crippen MR) is 133 cm³/mol. The molecule has 188 valence electrons. The highest BCUT2D eigenvalue weighted by Gasteiger charge is 2.23. The molecule has 1 saturated heterocycles. The first-order valence-electron chi connectivity index (χ1n) is 11.5. The van der Waals surface area contributed by atoms with Gasteiger partial charge in [0.1, 0.15) is 17.8 Å². The lowest BCUT2D eigenvalue weighted by atomic mass is 10.1. The molecule has 0 aliphatic carbocycles. The Bertz CT molecular complexity index is 1500. The van der Waals surface area contributed by atoms with Crippen LogP contribution in [-0.2, 0) is 16.6 Å².